The lowest BCUT2D eigenvalue weighted by molar-refractivity contribution is -0.117. The van der Waals surface area contributed by atoms with Crippen LogP contribution in [0.4, 0.5) is 17.1 Å². The molecule has 7 nitrogen and oxygen atoms in total. The van der Waals surface area contributed by atoms with E-state index in [1.54, 1.807) is 37.3 Å². The number of hydrogen-bond acceptors (Lipinski definition) is 6. The Morgan fingerprint density at radius 1 is 1.00 bits per heavy atom. The van der Waals surface area contributed by atoms with Crippen molar-refractivity contribution in [2.45, 2.75) is 26.8 Å². The van der Waals surface area contributed by atoms with Crippen LogP contribution in [0.25, 0.3) is 11.1 Å². The number of benzene rings is 3. The number of aromatic hydroxyl groups is 1. The minimum atomic E-state index is -0.836. The molecule has 3 N–H and O–H groups in total. The lowest BCUT2D eigenvalue weighted by Gasteiger charge is -2.14. The molecule has 4 rings (SSSR count). The molecule has 1 heterocycles. The SMILES string of the molecule is CC1=NN(c2ccc(C)c(C)c2)C(=O)C1N=Nc1cccc(-c2cccc(N)c2)c1O. The molecule has 1 unspecified atom stereocenters. The van der Waals surface area contributed by atoms with Crippen molar-refractivity contribution < 1.29 is 9.90 Å². The molecule has 1 amide bonds. The summed E-state index contributed by atoms with van der Waals surface area (Å²) in [5.41, 5.74) is 11.5. The average molecular weight is 413 g/mol. The lowest BCUT2D eigenvalue weighted by atomic mass is 10.0. The first-order valence-electron chi connectivity index (χ1n) is 9.90. The topological polar surface area (TPSA) is 104 Å². The van der Waals surface area contributed by atoms with Gasteiger partial charge in [-0.25, -0.2) is 0 Å². The summed E-state index contributed by atoms with van der Waals surface area (Å²) in [4.78, 5) is 12.9. The number of rotatable bonds is 4. The van der Waals surface area contributed by atoms with Gasteiger partial charge in [-0.3, -0.25) is 4.79 Å². The van der Waals surface area contributed by atoms with Crippen LogP contribution in [0.15, 0.2) is 76.0 Å². The summed E-state index contributed by atoms with van der Waals surface area (Å²) in [6, 6.07) is 17.3. The van der Waals surface area contributed by atoms with Gasteiger partial charge >= 0.3 is 0 Å². The van der Waals surface area contributed by atoms with Crippen LogP contribution in [-0.2, 0) is 4.79 Å². The number of carbonyl (C=O) groups is 1. The maximum absolute atomic E-state index is 12.9. The van der Waals surface area contributed by atoms with Gasteiger partial charge in [0.15, 0.2) is 11.8 Å². The first-order valence-corrected chi connectivity index (χ1v) is 9.90. The van der Waals surface area contributed by atoms with E-state index in [9.17, 15) is 9.90 Å². The van der Waals surface area contributed by atoms with Gasteiger partial charge in [-0.2, -0.15) is 20.3 Å². The number of carbonyl (C=O) groups excluding carboxylic acids is 1. The van der Waals surface area contributed by atoms with Crippen LogP contribution in [0.3, 0.4) is 0 Å². The Labute approximate surface area is 180 Å². The fourth-order valence-electron chi connectivity index (χ4n) is 3.40. The number of aryl methyl sites for hydroxylation is 2. The molecule has 3 aromatic carbocycles. The monoisotopic (exact) mass is 413 g/mol. The Morgan fingerprint density at radius 3 is 2.52 bits per heavy atom. The molecule has 7 heteroatoms. The van der Waals surface area contributed by atoms with E-state index in [4.69, 9.17) is 5.73 Å². The third-order valence-electron chi connectivity index (χ3n) is 5.32. The number of nitrogens with two attached hydrogens (primary N) is 1. The zero-order chi connectivity index (χ0) is 22.1. The van der Waals surface area contributed by atoms with Gasteiger partial charge in [0.25, 0.3) is 5.91 Å². The molecule has 0 fully saturated rings. The molecular formula is C24H23N5O2. The second kappa shape index (κ2) is 8.02. The number of nitrogens with zero attached hydrogens (tertiary/aromatic N) is 4. The van der Waals surface area contributed by atoms with Crippen molar-refractivity contribution in [2.75, 3.05) is 10.7 Å². The molecule has 0 saturated heterocycles. The third-order valence-corrected chi connectivity index (χ3v) is 5.32. The van der Waals surface area contributed by atoms with Crippen LogP contribution in [0, 0.1) is 13.8 Å². The maximum atomic E-state index is 12.9. The zero-order valence-corrected chi connectivity index (χ0v) is 17.6. The zero-order valence-electron chi connectivity index (χ0n) is 17.6. The second-order valence-corrected chi connectivity index (χ2v) is 7.58. The van der Waals surface area contributed by atoms with E-state index < -0.39 is 6.04 Å². The van der Waals surface area contributed by atoms with Crippen LogP contribution in [0.1, 0.15) is 18.1 Å². The highest BCUT2D eigenvalue weighted by Gasteiger charge is 2.35. The third kappa shape index (κ3) is 3.90. The molecule has 3 aromatic rings. The molecular weight excluding hydrogens is 390 g/mol. The Bertz CT molecular complexity index is 1230. The Morgan fingerprint density at radius 2 is 1.77 bits per heavy atom. The Hall–Kier alpha value is -4.00. The number of nitrogen functional groups attached to an aromatic ring is 1. The minimum Gasteiger partial charge on any atom is -0.505 e. The van der Waals surface area contributed by atoms with Crippen molar-refractivity contribution in [3.05, 3.63) is 71.8 Å². The molecule has 0 spiro atoms. The van der Waals surface area contributed by atoms with Crippen molar-refractivity contribution in [1.82, 2.24) is 0 Å². The number of para-hydroxylation sites is 1. The number of amides is 1. The van der Waals surface area contributed by atoms with Crippen molar-refractivity contribution in [2.24, 2.45) is 15.3 Å². The predicted octanol–water partition coefficient (Wildman–Crippen LogP) is 5.13. The van der Waals surface area contributed by atoms with E-state index >= 15 is 0 Å². The second-order valence-electron chi connectivity index (χ2n) is 7.58. The summed E-state index contributed by atoms with van der Waals surface area (Å²) in [6.07, 6.45) is 0. The highest BCUT2D eigenvalue weighted by Crippen LogP contribution is 2.38. The van der Waals surface area contributed by atoms with Gasteiger partial charge in [-0.1, -0.05) is 30.3 Å². The van der Waals surface area contributed by atoms with Gasteiger partial charge in [0.1, 0.15) is 5.69 Å². The molecule has 0 radical (unpaired) electrons. The largest absolute Gasteiger partial charge is 0.505 e. The number of phenols is 1. The van der Waals surface area contributed by atoms with Crippen LogP contribution in [-0.4, -0.2) is 22.8 Å². The number of anilines is 2. The van der Waals surface area contributed by atoms with Crippen molar-refractivity contribution >= 4 is 28.7 Å². The number of azo groups is 1. The van der Waals surface area contributed by atoms with E-state index in [1.807, 2.05) is 44.2 Å². The molecule has 31 heavy (non-hydrogen) atoms. The van der Waals surface area contributed by atoms with Gasteiger partial charge in [0, 0.05) is 11.3 Å². The maximum Gasteiger partial charge on any atom is 0.280 e. The smallest absolute Gasteiger partial charge is 0.280 e. The fraction of sp³-hybridized carbons (Fsp3) is 0.167. The van der Waals surface area contributed by atoms with Gasteiger partial charge in [0.05, 0.1) is 11.4 Å². The number of hydrogen-bond donors (Lipinski definition) is 2. The van der Waals surface area contributed by atoms with E-state index in [0.29, 0.717) is 22.6 Å². The van der Waals surface area contributed by atoms with Gasteiger partial charge in [-0.15, -0.1) is 0 Å². The first-order chi connectivity index (χ1) is 14.8. The highest BCUT2D eigenvalue weighted by molar-refractivity contribution is 6.18. The van der Waals surface area contributed by atoms with E-state index in [1.165, 1.54) is 5.01 Å². The summed E-state index contributed by atoms with van der Waals surface area (Å²) in [5.74, 6) is -0.307. The van der Waals surface area contributed by atoms with Crippen LogP contribution < -0.4 is 10.7 Å². The molecule has 1 aliphatic rings. The van der Waals surface area contributed by atoms with Gasteiger partial charge < -0.3 is 10.8 Å². The molecule has 0 aliphatic carbocycles. The molecule has 1 aliphatic heterocycles. The quantitative estimate of drug-likeness (QED) is 0.457. The Balaban J connectivity index is 1.60. The Kier molecular flexibility index (Phi) is 5.25. The fourth-order valence-corrected chi connectivity index (χ4v) is 3.40. The van der Waals surface area contributed by atoms with Gasteiger partial charge in [-0.05, 0) is 67.8 Å². The highest BCUT2D eigenvalue weighted by atomic mass is 16.3. The summed E-state index contributed by atoms with van der Waals surface area (Å²) in [5, 5.41) is 24.8. The van der Waals surface area contributed by atoms with E-state index in [-0.39, 0.29) is 17.3 Å². The standard InChI is InChI=1S/C24H23N5O2/c1-14-10-11-19(12-15(14)2)29-24(31)22(16(3)28-29)27-26-21-9-5-8-20(23(21)30)17-6-4-7-18(25)13-17/h4-13,22,30H,25H2,1-3H3. The van der Waals surface area contributed by atoms with Crippen LogP contribution in [0.2, 0.25) is 0 Å². The van der Waals surface area contributed by atoms with Gasteiger partial charge in [0.2, 0.25) is 0 Å². The van der Waals surface area contributed by atoms with E-state index in [2.05, 4.69) is 15.3 Å². The number of phenolic OH excluding ortho intramolecular Hbond substituents is 1. The van der Waals surface area contributed by atoms with Crippen molar-refractivity contribution in [3.63, 3.8) is 0 Å². The predicted molar refractivity (Wildman–Crippen MR) is 123 cm³/mol. The first kappa shape index (κ1) is 20.3. The van der Waals surface area contributed by atoms with Crippen molar-refractivity contribution in [3.8, 4) is 16.9 Å². The van der Waals surface area contributed by atoms with Crippen LogP contribution >= 0.6 is 0 Å². The average Bonchev–Trinajstić information content (AvgIpc) is 3.03. The minimum absolute atomic E-state index is 0.0251. The number of hydrazone groups is 1. The lowest BCUT2D eigenvalue weighted by Crippen LogP contribution is -2.29. The summed E-state index contributed by atoms with van der Waals surface area (Å²) >= 11 is 0. The molecule has 0 aromatic heterocycles. The molecule has 156 valence electrons. The van der Waals surface area contributed by atoms with Crippen molar-refractivity contribution in [1.29, 1.82) is 0 Å². The summed E-state index contributed by atoms with van der Waals surface area (Å²) in [7, 11) is 0. The summed E-state index contributed by atoms with van der Waals surface area (Å²) < 4.78 is 0. The molecule has 0 saturated carbocycles. The molecule has 0 bridgehead atoms. The normalized spacial score (nSPS) is 16.2. The van der Waals surface area contributed by atoms with Crippen LogP contribution in [0.5, 0.6) is 5.75 Å². The molecule has 1 atom stereocenters. The summed E-state index contributed by atoms with van der Waals surface area (Å²) in [6.45, 7) is 5.75. The van der Waals surface area contributed by atoms with E-state index in [0.717, 1.165) is 16.7 Å².